The average molecular weight is 432 g/mol. The summed E-state index contributed by atoms with van der Waals surface area (Å²) in [5.74, 6) is -1.08. The van der Waals surface area contributed by atoms with Crippen LogP contribution in [0.15, 0.2) is 18.2 Å². The first-order chi connectivity index (χ1) is 14.2. The number of hydrogen-bond acceptors (Lipinski definition) is 12. The van der Waals surface area contributed by atoms with Gasteiger partial charge >= 0.3 is 5.97 Å². The van der Waals surface area contributed by atoms with E-state index >= 15 is 0 Å². The molecule has 12 nitrogen and oxygen atoms in total. The third-order valence-electron chi connectivity index (χ3n) is 4.92. The van der Waals surface area contributed by atoms with Gasteiger partial charge in [0, 0.05) is 0 Å². The lowest BCUT2D eigenvalue weighted by Crippen LogP contribution is -2.58. The summed E-state index contributed by atoms with van der Waals surface area (Å²) in [4.78, 5) is 11.7. The van der Waals surface area contributed by atoms with Crippen molar-refractivity contribution in [2.24, 2.45) is 0 Å². The zero-order valence-corrected chi connectivity index (χ0v) is 16.0. The normalized spacial score (nSPS) is 36.5. The Bertz CT molecular complexity index is 757. The maximum Gasteiger partial charge on any atom is 0.341 e. The Morgan fingerprint density at radius 1 is 1.23 bits per heavy atom. The molecule has 0 unspecified atom stereocenters. The van der Waals surface area contributed by atoms with Crippen LogP contribution in [0.5, 0.6) is 11.5 Å². The molecule has 1 aromatic carbocycles. The molecule has 1 aromatic rings. The molecule has 0 aromatic heterocycles. The first-order valence-corrected chi connectivity index (χ1v) is 9.04. The molecule has 3 rings (SSSR count). The molecule has 2 heterocycles. The number of phenols is 1. The van der Waals surface area contributed by atoms with E-state index < -0.39 is 61.8 Å². The second kappa shape index (κ2) is 8.99. The number of rotatable bonds is 6. The highest BCUT2D eigenvalue weighted by Gasteiger charge is 2.51. The minimum absolute atomic E-state index is 0.0548. The zero-order valence-electron chi connectivity index (χ0n) is 16.0. The number of methoxy groups -OCH3 is 1. The third-order valence-corrected chi connectivity index (χ3v) is 4.92. The lowest BCUT2D eigenvalue weighted by molar-refractivity contribution is -0.290. The van der Waals surface area contributed by atoms with Gasteiger partial charge in [-0.25, -0.2) is 4.79 Å². The number of ether oxygens (including phenoxy) is 5. The number of phenolic OH excluding ortho intramolecular Hbond substituents is 1. The Morgan fingerprint density at radius 2 is 1.97 bits per heavy atom. The standard InChI is InChI=1S/C18H24O12/c1-26-15(24)9-4-8(2-3-10(9)20)29-16-12(22)13(11(21)5-27-16)30-17-14(23)18(25,6-19)7-28-17/h2-4,11-14,16-17,19-23,25H,5-7H2,1H3/t11-,12-,13-,14+,16-,17+,18-/m1/s1. The molecule has 0 aliphatic carbocycles. The van der Waals surface area contributed by atoms with Gasteiger partial charge < -0.3 is 54.3 Å². The first kappa shape index (κ1) is 22.7. The Kier molecular flexibility index (Phi) is 6.79. The fraction of sp³-hybridized carbons (Fsp3) is 0.611. The predicted octanol–water partition coefficient (Wildman–Crippen LogP) is -2.54. The van der Waals surface area contributed by atoms with Gasteiger partial charge in [-0.1, -0.05) is 0 Å². The van der Waals surface area contributed by atoms with Crippen molar-refractivity contribution < 1.29 is 59.1 Å². The highest BCUT2D eigenvalue weighted by molar-refractivity contribution is 5.92. The number of carbonyl (C=O) groups is 1. The Labute approximate surface area is 170 Å². The summed E-state index contributed by atoms with van der Waals surface area (Å²) in [5.41, 5.74) is -2.10. The van der Waals surface area contributed by atoms with Crippen molar-refractivity contribution in [3.05, 3.63) is 23.8 Å². The number of esters is 1. The molecule has 7 atom stereocenters. The molecular formula is C18H24O12. The molecular weight excluding hydrogens is 408 g/mol. The second-order valence-electron chi connectivity index (χ2n) is 7.03. The summed E-state index contributed by atoms with van der Waals surface area (Å²) >= 11 is 0. The fourth-order valence-corrected chi connectivity index (χ4v) is 3.10. The number of aliphatic hydroxyl groups excluding tert-OH is 4. The van der Waals surface area contributed by atoms with E-state index in [1.54, 1.807) is 0 Å². The van der Waals surface area contributed by atoms with Gasteiger partial charge in [0.25, 0.3) is 0 Å². The smallest absolute Gasteiger partial charge is 0.341 e. The molecule has 0 saturated carbocycles. The van der Waals surface area contributed by atoms with Crippen molar-refractivity contribution in [1.29, 1.82) is 0 Å². The first-order valence-electron chi connectivity index (χ1n) is 9.04. The van der Waals surface area contributed by atoms with Crippen LogP contribution in [-0.4, -0.2) is 106 Å². The second-order valence-corrected chi connectivity index (χ2v) is 7.03. The Hall–Kier alpha value is -2.03. The van der Waals surface area contributed by atoms with Gasteiger partial charge in [-0.05, 0) is 18.2 Å². The van der Waals surface area contributed by atoms with Crippen LogP contribution in [0, 0.1) is 0 Å². The van der Waals surface area contributed by atoms with Crippen LogP contribution in [0.1, 0.15) is 10.4 Å². The summed E-state index contributed by atoms with van der Waals surface area (Å²) in [6, 6.07) is 3.70. The van der Waals surface area contributed by atoms with Crippen molar-refractivity contribution in [3.63, 3.8) is 0 Å². The fourth-order valence-electron chi connectivity index (χ4n) is 3.10. The molecule has 30 heavy (non-hydrogen) atoms. The molecule has 0 amide bonds. The molecule has 2 fully saturated rings. The Morgan fingerprint density at radius 3 is 2.60 bits per heavy atom. The van der Waals surface area contributed by atoms with Gasteiger partial charge in [-0.3, -0.25) is 0 Å². The third kappa shape index (κ3) is 4.36. The van der Waals surface area contributed by atoms with E-state index in [-0.39, 0.29) is 23.7 Å². The van der Waals surface area contributed by atoms with E-state index in [9.17, 15) is 35.4 Å². The topological polar surface area (TPSA) is 185 Å². The van der Waals surface area contributed by atoms with Crippen LogP contribution in [-0.2, 0) is 18.9 Å². The molecule has 12 heteroatoms. The van der Waals surface area contributed by atoms with Gasteiger partial charge in [0.2, 0.25) is 6.29 Å². The van der Waals surface area contributed by atoms with E-state index in [0.717, 1.165) is 7.11 Å². The molecule has 0 radical (unpaired) electrons. The SMILES string of the molecule is COC(=O)c1cc(O[C@H]2OC[C@@H](O)[C@@H](O[C@@H]3OC[C@](O)(CO)[C@H]3O)[C@H]2O)ccc1O. The van der Waals surface area contributed by atoms with Crippen molar-refractivity contribution in [1.82, 2.24) is 0 Å². The number of aromatic hydroxyl groups is 1. The summed E-state index contributed by atoms with van der Waals surface area (Å²) in [6.07, 6.45) is -8.60. The minimum atomic E-state index is -1.93. The molecule has 2 saturated heterocycles. The van der Waals surface area contributed by atoms with E-state index in [2.05, 4.69) is 4.74 Å². The van der Waals surface area contributed by atoms with Crippen LogP contribution in [0.4, 0.5) is 0 Å². The summed E-state index contributed by atoms with van der Waals surface area (Å²) in [7, 11) is 1.14. The molecule has 0 bridgehead atoms. The zero-order chi connectivity index (χ0) is 22.1. The van der Waals surface area contributed by atoms with Gasteiger partial charge in [-0.15, -0.1) is 0 Å². The van der Waals surface area contributed by atoms with Crippen molar-refractivity contribution in [2.75, 3.05) is 26.9 Å². The van der Waals surface area contributed by atoms with Crippen LogP contribution < -0.4 is 4.74 Å². The van der Waals surface area contributed by atoms with E-state index in [0.29, 0.717) is 0 Å². The number of hydrogen-bond donors (Lipinski definition) is 6. The lowest BCUT2D eigenvalue weighted by atomic mass is 10.0. The van der Waals surface area contributed by atoms with Crippen molar-refractivity contribution in [3.8, 4) is 11.5 Å². The van der Waals surface area contributed by atoms with Crippen LogP contribution in [0.2, 0.25) is 0 Å². The molecule has 168 valence electrons. The van der Waals surface area contributed by atoms with Gasteiger partial charge in [0.05, 0.1) is 26.9 Å². The van der Waals surface area contributed by atoms with Crippen molar-refractivity contribution in [2.45, 2.75) is 42.6 Å². The Balaban J connectivity index is 1.70. The van der Waals surface area contributed by atoms with E-state index in [1.807, 2.05) is 0 Å². The quantitative estimate of drug-likeness (QED) is 0.259. The van der Waals surface area contributed by atoms with E-state index in [4.69, 9.17) is 18.9 Å². The number of aliphatic hydroxyl groups is 5. The van der Waals surface area contributed by atoms with Gasteiger partial charge in [0.15, 0.2) is 6.29 Å². The predicted molar refractivity (Wildman–Crippen MR) is 94.5 cm³/mol. The monoisotopic (exact) mass is 432 g/mol. The molecule has 6 N–H and O–H groups in total. The maximum absolute atomic E-state index is 11.7. The van der Waals surface area contributed by atoms with Gasteiger partial charge in [0.1, 0.15) is 47.1 Å². The summed E-state index contributed by atoms with van der Waals surface area (Å²) < 4.78 is 25.9. The summed E-state index contributed by atoms with van der Waals surface area (Å²) in [5, 5.41) is 59.7. The summed E-state index contributed by atoms with van der Waals surface area (Å²) in [6.45, 7) is -1.49. The van der Waals surface area contributed by atoms with E-state index in [1.165, 1.54) is 18.2 Å². The highest BCUT2D eigenvalue weighted by Crippen LogP contribution is 2.31. The minimum Gasteiger partial charge on any atom is -0.507 e. The van der Waals surface area contributed by atoms with Crippen molar-refractivity contribution >= 4 is 5.97 Å². The molecule has 0 spiro atoms. The number of carbonyl (C=O) groups excluding carboxylic acids is 1. The largest absolute Gasteiger partial charge is 0.507 e. The van der Waals surface area contributed by atoms with Crippen LogP contribution >= 0.6 is 0 Å². The lowest BCUT2D eigenvalue weighted by Gasteiger charge is -2.39. The average Bonchev–Trinajstić information content (AvgIpc) is 3.02. The van der Waals surface area contributed by atoms with Gasteiger partial charge in [-0.2, -0.15) is 0 Å². The maximum atomic E-state index is 11.7. The van der Waals surface area contributed by atoms with Crippen LogP contribution in [0.3, 0.4) is 0 Å². The highest BCUT2D eigenvalue weighted by atomic mass is 16.7. The number of benzene rings is 1. The molecule has 2 aliphatic rings. The molecule has 2 aliphatic heterocycles. The van der Waals surface area contributed by atoms with Crippen LogP contribution in [0.25, 0.3) is 0 Å².